The van der Waals surface area contributed by atoms with E-state index in [0.717, 1.165) is 38.8 Å². The number of anilines is 1. The van der Waals surface area contributed by atoms with Gasteiger partial charge in [0.25, 0.3) is 0 Å². The molecule has 2 saturated heterocycles. The molecule has 2 aliphatic rings. The number of carbonyl (C=O) groups is 1. The first-order chi connectivity index (χ1) is 15.0. The second-order valence-corrected chi connectivity index (χ2v) is 11.0. The highest BCUT2D eigenvalue weighted by molar-refractivity contribution is 7.89. The predicted molar refractivity (Wildman–Crippen MR) is 122 cm³/mol. The molecule has 9 heteroatoms. The maximum Gasteiger partial charge on any atom is 0.243 e. The molecule has 2 fully saturated rings. The molecule has 1 atom stereocenters. The summed E-state index contributed by atoms with van der Waals surface area (Å²) in [7, 11) is -3.45. The fourth-order valence-electron chi connectivity index (χ4n) is 4.08. The molecule has 31 heavy (non-hydrogen) atoms. The van der Waals surface area contributed by atoms with Crippen LogP contribution in [0.4, 0.5) is 5.69 Å². The van der Waals surface area contributed by atoms with E-state index in [0.29, 0.717) is 25.3 Å². The van der Waals surface area contributed by atoms with Gasteiger partial charge in [-0.2, -0.15) is 4.31 Å². The Morgan fingerprint density at radius 2 is 1.94 bits per heavy atom. The molecule has 168 valence electrons. The Kier molecular flexibility index (Phi) is 7.39. The summed E-state index contributed by atoms with van der Waals surface area (Å²) in [6.07, 6.45) is 4.07. The van der Waals surface area contributed by atoms with Gasteiger partial charge >= 0.3 is 0 Å². The van der Waals surface area contributed by atoms with Crippen LogP contribution in [-0.2, 0) is 26.1 Å². The van der Waals surface area contributed by atoms with Crippen molar-refractivity contribution in [1.82, 2.24) is 9.21 Å². The minimum absolute atomic E-state index is 0.121. The Morgan fingerprint density at radius 1 is 1.16 bits per heavy atom. The molecule has 1 N–H and O–H groups in total. The summed E-state index contributed by atoms with van der Waals surface area (Å²) in [5.41, 5.74) is 0.596. The van der Waals surface area contributed by atoms with Gasteiger partial charge in [-0.05, 0) is 61.4 Å². The molecule has 1 aromatic heterocycles. The number of nitrogens with zero attached hydrogens (tertiary/aromatic N) is 2. The molecule has 4 rings (SSSR count). The zero-order chi connectivity index (χ0) is 21.7. The topological polar surface area (TPSA) is 79.0 Å². The number of nitrogens with one attached hydrogen (secondary N) is 1. The van der Waals surface area contributed by atoms with Crippen molar-refractivity contribution in [1.29, 1.82) is 0 Å². The fraction of sp³-hybridized carbons (Fsp3) is 0.500. The first-order valence-corrected chi connectivity index (χ1v) is 13.1. The van der Waals surface area contributed by atoms with E-state index in [1.54, 1.807) is 35.6 Å². The van der Waals surface area contributed by atoms with Crippen LogP contribution in [0.2, 0.25) is 0 Å². The molecule has 0 spiro atoms. The number of ether oxygens (including phenoxy) is 1. The van der Waals surface area contributed by atoms with E-state index < -0.39 is 10.0 Å². The highest BCUT2D eigenvalue weighted by Crippen LogP contribution is 2.22. The highest BCUT2D eigenvalue weighted by atomic mass is 32.2. The number of amides is 1. The maximum atomic E-state index is 12.7. The number of hydrogen-bond acceptors (Lipinski definition) is 6. The maximum absolute atomic E-state index is 12.7. The average molecular weight is 464 g/mol. The summed E-state index contributed by atoms with van der Waals surface area (Å²) in [5, 5.41) is 4.94. The largest absolute Gasteiger partial charge is 0.377 e. The van der Waals surface area contributed by atoms with E-state index in [1.807, 2.05) is 11.4 Å². The fourth-order valence-corrected chi connectivity index (χ4v) is 6.34. The van der Waals surface area contributed by atoms with Crippen LogP contribution < -0.4 is 5.32 Å². The van der Waals surface area contributed by atoms with Crippen molar-refractivity contribution in [3.8, 4) is 0 Å². The van der Waals surface area contributed by atoms with Crippen LogP contribution in [0.15, 0.2) is 46.7 Å². The molecule has 2 aliphatic heterocycles. The summed E-state index contributed by atoms with van der Waals surface area (Å²) in [4.78, 5) is 16.3. The number of sulfonamides is 1. The number of rotatable bonds is 9. The average Bonchev–Trinajstić information content (AvgIpc) is 3.52. The summed E-state index contributed by atoms with van der Waals surface area (Å²) in [6.45, 7) is 3.62. The van der Waals surface area contributed by atoms with Gasteiger partial charge in [-0.15, -0.1) is 11.3 Å². The van der Waals surface area contributed by atoms with Gasteiger partial charge in [0, 0.05) is 43.4 Å². The monoisotopic (exact) mass is 463 g/mol. The molecule has 1 amide bonds. The van der Waals surface area contributed by atoms with Crippen molar-refractivity contribution in [2.24, 2.45) is 0 Å². The molecule has 0 radical (unpaired) electrons. The van der Waals surface area contributed by atoms with Crippen LogP contribution in [0.25, 0.3) is 0 Å². The van der Waals surface area contributed by atoms with E-state index in [9.17, 15) is 13.2 Å². The van der Waals surface area contributed by atoms with Crippen LogP contribution in [-0.4, -0.2) is 62.4 Å². The third kappa shape index (κ3) is 5.93. The summed E-state index contributed by atoms with van der Waals surface area (Å²) in [6, 6.07) is 10.5. The normalized spacial score (nSPS) is 19.8. The van der Waals surface area contributed by atoms with E-state index in [1.165, 1.54) is 9.18 Å². The van der Waals surface area contributed by atoms with Gasteiger partial charge in [0.2, 0.25) is 15.9 Å². The predicted octanol–water partition coefficient (Wildman–Crippen LogP) is 3.15. The van der Waals surface area contributed by atoms with Crippen LogP contribution in [0, 0.1) is 0 Å². The molecular weight excluding hydrogens is 434 g/mol. The van der Waals surface area contributed by atoms with Gasteiger partial charge < -0.3 is 10.1 Å². The van der Waals surface area contributed by atoms with Gasteiger partial charge in [0.1, 0.15) is 0 Å². The molecule has 0 unspecified atom stereocenters. The van der Waals surface area contributed by atoms with Gasteiger partial charge in [0.05, 0.1) is 17.5 Å². The van der Waals surface area contributed by atoms with E-state index in [-0.39, 0.29) is 23.5 Å². The van der Waals surface area contributed by atoms with Crippen LogP contribution in [0.5, 0.6) is 0 Å². The lowest BCUT2D eigenvalue weighted by Gasteiger charge is -2.24. The van der Waals surface area contributed by atoms with Crippen LogP contribution in [0.3, 0.4) is 0 Å². The Balaban J connectivity index is 1.36. The van der Waals surface area contributed by atoms with Crippen molar-refractivity contribution in [3.05, 3.63) is 46.7 Å². The number of carbonyl (C=O) groups excluding carboxylic acids is 1. The summed E-state index contributed by atoms with van der Waals surface area (Å²) in [5.74, 6) is -0.121. The Labute approximate surface area is 188 Å². The van der Waals surface area contributed by atoms with Gasteiger partial charge in [-0.3, -0.25) is 9.69 Å². The standard InChI is InChI=1S/C22H29N3O4S2/c26-22(17-24(15-19-5-3-13-29-19)16-20-6-4-14-30-20)23-18-7-9-21(10-8-18)31(27,28)25-11-1-2-12-25/h4,6-10,14,19H,1-3,5,11-13,15-17H2,(H,23,26)/t19-/m0/s1. The zero-order valence-corrected chi connectivity index (χ0v) is 19.2. The molecule has 2 aromatic rings. The Bertz CT molecular complexity index is 949. The Morgan fingerprint density at radius 3 is 2.58 bits per heavy atom. The SMILES string of the molecule is O=C(CN(Cc1cccs1)C[C@@H]1CCCO1)Nc1ccc(S(=O)(=O)N2CCCC2)cc1. The molecule has 3 heterocycles. The van der Waals surface area contributed by atoms with Crippen molar-refractivity contribution >= 4 is 33.0 Å². The smallest absolute Gasteiger partial charge is 0.243 e. The molecular formula is C22H29N3O4S2. The third-order valence-electron chi connectivity index (χ3n) is 5.65. The number of hydrogen-bond donors (Lipinski definition) is 1. The second kappa shape index (κ2) is 10.2. The first-order valence-electron chi connectivity index (χ1n) is 10.8. The van der Waals surface area contributed by atoms with Crippen molar-refractivity contribution in [3.63, 3.8) is 0 Å². The number of benzene rings is 1. The lowest BCUT2D eigenvalue weighted by Crippen LogP contribution is -2.37. The van der Waals surface area contributed by atoms with Crippen molar-refractivity contribution in [2.45, 2.75) is 43.2 Å². The molecule has 0 bridgehead atoms. The van der Waals surface area contributed by atoms with E-state index >= 15 is 0 Å². The Hall–Kier alpha value is -1.78. The lowest BCUT2D eigenvalue weighted by molar-refractivity contribution is -0.117. The van der Waals surface area contributed by atoms with Gasteiger partial charge in [0.15, 0.2) is 0 Å². The third-order valence-corrected chi connectivity index (χ3v) is 8.43. The molecule has 0 aliphatic carbocycles. The lowest BCUT2D eigenvalue weighted by atomic mass is 10.2. The van der Waals surface area contributed by atoms with Crippen LogP contribution >= 0.6 is 11.3 Å². The molecule has 1 aromatic carbocycles. The van der Waals surface area contributed by atoms with Crippen LogP contribution in [0.1, 0.15) is 30.6 Å². The second-order valence-electron chi connectivity index (χ2n) is 8.07. The quantitative estimate of drug-likeness (QED) is 0.618. The minimum Gasteiger partial charge on any atom is -0.377 e. The molecule has 0 saturated carbocycles. The first kappa shape index (κ1) is 22.4. The minimum atomic E-state index is -3.45. The zero-order valence-electron chi connectivity index (χ0n) is 17.5. The van der Waals surface area contributed by atoms with Crippen molar-refractivity contribution in [2.75, 3.05) is 38.1 Å². The van der Waals surface area contributed by atoms with Gasteiger partial charge in [-0.25, -0.2) is 8.42 Å². The van der Waals surface area contributed by atoms with Gasteiger partial charge in [-0.1, -0.05) is 6.07 Å². The number of thiophene rings is 1. The van der Waals surface area contributed by atoms with Crippen molar-refractivity contribution < 1.29 is 17.9 Å². The molecule has 7 nitrogen and oxygen atoms in total. The van der Waals surface area contributed by atoms with E-state index in [2.05, 4.69) is 16.3 Å². The summed E-state index contributed by atoms with van der Waals surface area (Å²) < 4.78 is 32.6. The highest BCUT2D eigenvalue weighted by Gasteiger charge is 2.27. The summed E-state index contributed by atoms with van der Waals surface area (Å²) >= 11 is 1.68. The van der Waals surface area contributed by atoms with E-state index in [4.69, 9.17) is 4.74 Å².